The molecule has 0 bridgehead atoms. The van der Waals surface area contributed by atoms with E-state index >= 15 is 0 Å². The van der Waals surface area contributed by atoms with Crippen LogP contribution in [-0.4, -0.2) is 28.4 Å². The van der Waals surface area contributed by atoms with E-state index in [4.69, 9.17) is 4.42 Å². The first-order chi connectivity index (χ1) is 14.2. The van der Waals surface area contributed by atoms with E-state index in [-0.39, 0.29) is 17.3 Å². The van der Waals surface area contributed by atoms with E-state index in [0.29, 0.717) is 28.4 Å². The van der Waals surface area contributed by atoms with Crippen molar-refractivity contribution in [1.82, 2.24) is 5.01 Å². The highest BCUT2D eigenvalue weighted by Gasteiger charge is 2.34. The zero-order chi connectivity index (χ0) is 19.8. The first kappa shape index (κ1) is 16.9. The number of hydrazone groups is 1. The van der Waals surface area contributed by atoms with Gasteiger partial charge in [-0.25, -0.2) is 4.99 Å². The van der Waals surface area contributed by atoms with Crippen LogP contribution in [0.1, 0.15) is 16.9 Å². The number of benzene rings is 2. The Hall–Kier alpha value is -4.26. The lowest BCUT2D eigenvalue weighted by atomic mass is 10.1. The largest absolute Gasteiger partial charge is 0.465 e. The Morgan fingerprint density at radius 3 is 2.55 bits per heavy atom. The molecule has 7 nitrogen and oxygen atoms in total. The third kappa shape index (κ3) is 2.94. The lowest BCUT2D eigenvalue weighted by Crippen LogP contribution is -2.30. The number of amidine groups is 1. The molecule has 3 aromatic rings. The Morgan fingerprint density at radius 2 is 1.76 bits per heavy atom. The van der Waals surface area contributed by atoms with Gasteiger partial charge in [0.1, 0.15) is 11.5 Å². The van der Waals surface area contributed by atoms with Gasteiger partial charge in [-0.3, -0.25) is 9.59 Å². The minimum absolute atomic E-state index is 0.164. The molecule has 29 heavy (non-hydrogen) atoms. The van der Waals surface area contributed by atoms with Crippen molar-refractivity contribution in [1.29, 1.82) is 0 Å². The second-order valence-electron chi connectivity index (χ2n) is 6.41. The smallest absolute Gasteiger partial charge is 0.298 e. The van der Waals surface area contributed by atoms with Gasteiger partial charge in [0.2, 0.25) is 0 Å². The van der Waals surface area contributed by atoms with Gasteiger partial charge in [0, 0.05) is 17.2 Å². The fraction of sp³-hybridized carbons (Fsp3) is 0. The number of nitrogens with one attached hydrogen (secondary N) is 1. The molecule has 0 unspecified atom stereocenters. The molecule has 7 heteroatoms. The van der Waals surface area contributed by atoms with E-state index in [9.17, 15) is 9.59 Å². The molecule has 3 heterocycles. The predicted molar refractivity (Wildman–Crippen MR) is 108 cm³/mol. The second kappa shape index (κ2) is 6.72. The number of carbonyl (C=O) groups is 2. The van der Waals surface area contributed by atoms with Crippen molar-refractivity contribution >= 4 is 35.1 Å². The van der Waals surface area contributed by atoms with Gasteiger partial charge in [-0.2, -0.15) is 10.1 Å². The van der Waals surface area contributed by atoms with Gasteiger partial charge in [-0.05, 0) is 18.2 Å². The Kier molecular flexibility index (Phi) is 3.91. The molecule has 5 rings (SSSR count). The lowest BCUT2D eigenvalue weighted by molar-refractivity contribution is -0.122. The maximum atomic E-state index is 13.1. The standard InChI is InChI=1S/C22H14N4O3/c27-21-19(16-10-4-5-11-17(16)24-21)25-26-20(14-7-2-1-3-8-14)23-18(22(26)28)13-15-9-6-12-29-15/h1-13H,(H,24,25,27). The molecule has 0 aliphatic carbocycles. The topological polar surface area (TPSA) is 87.3 Å². The molecule has 2 aliphatic heterocycles. The van der Waals surface area contributed by atoms with Gasteiger partial charge in [-0.1, -0.05) is 48.5 Å². The summed E-state index contributed by atoms with van der Waals surface area (Å²) in [4.78, 5) is 30.0. The Balaban J connectivity index is 1.62. The number of hydrogen-bond donors (Lipinski definition) is 1. The number of anilines is 1. The molecule has 0 spiro atoms. The SMILES string of the molecule is O=C1Nc2ccccc2/C1=N/N1C(=O)C(=Cc2ccco2)N=C1c1ccccc1. The van der Waals surface area contributed by atoms with Crippen molar-refractivity contribution in [3.05, 3.63) is 95.6 Å². The van der Waals surface area contributed by atoms with E-state index in [2.05, 4.69) is 15.4 Å². The number of hydrogen-bond acceptors (Lipinski definition) is 5. The summed E-state index contributed by atoms with van der Waals surface area (Å²) in [6.45, 7) is 0. The van der Waals surface area contributed by atoms with E-state index in [1.165, 1.54) is 11.3 Å². The monoisotopic (exact) mass is 382 g/mol. The Morgan fingerprint density at radius 1 is 0.966 bits per heavy atom. The number of nitrogens with zero attached hydrogens (tertiary/aromatic N) is 3. The van der Waals surface area contributed by atoms with Crippen molar-refractivity contribution in [3.63, 3.8) is 0 Å². The summed E-state index contributed by atoms with van der Waals surface area (Å²) in [5.41, 5.74) is 2.35. The Bertz CT molecular complexity index is 1210. The fourth-order valence-electron chi connectivity index (χ4n) is 3.18. The molecule has 0 radical (unpaired) electrons. The molecule has 0 atom stereocenters. The van der Waals surface area contributed by atoms with Crippen LogP contribution in [0.2, 0.25) is 0 Å². The average molecular weight is 382 g/mol. The molecule has 1 N–H and O–H groups in total. The van der Waals surface area contributed by atoms with Crippen LogP contribution in [0.15, 0.2) is 93.2 Å². The minimum atomic E-state index is -0.440. The normalized spacial score (nSPS) is 18.3. The van der Waals surface area contributed by atoms with Crippen LogP contribution in [0.4, 0.5) is 5.69 Å². The maximum Gasteiger partial charge on any atom is 0.298 e. The molecule has 0 saturated carbocycles. The van der Waals surface area contributed by atoms with Crippen LogP contribution >= 0.6 is 0 Å². The van der Waals surface area contributed by atoms with Gasteiger partial charge in [-0.15, -0.1) is 0 Å². The third-order valence-electron chi connectivity index (χ3n) is 4.54. The number of carbonyl (C=O) groups excluding carboxylic acids is 2. The number of para-hydroxylation sites is 1. The summed E-state index contributed by atoms with van der Waals surface area (Å²) in [6, 6.07) is 19.9. The molecule has 0 saturated heterocycles. The summed E-state index contributed by atoms with van der Waals surface area (Å²) < 4.78 is 5.30. The highest BCUT2D eigenvalue weighted by Crippen LogP contribution is 2.27. The summed E-state index contributed by atoms with van der Waals surface area (Å²) in [6.07, 6.45) is 3.07. The zero-order valence-electron chi connectivity index (χ0n) is 15.1. The van der Waals surface area contributed by atoms with Crippen molar-refractivity contribution in [3.8, 4) is 0 Å². The summed E-state index contributed by atoms with van der Waals surface area (Å²) >= 11 is 0. The number of furan rings is 1. The van der Waals surface area contributed by atoms with Gasteiger partial charge < -0.3 is 9.73 Å². The van der Waals surface area contributed by atoms with Crippen LogP contribution in [0, 0.1) is 0 Å². The second-order valence-corrected chi connectivity index (χ2v) is 6.41. The van der Waals surface area contributed by atoms with E-state index in [0.717, 1.165) is 0 Å². The number of fused-ring (bicyclic) bond motifs is 1. The highest BCUT2D eigenvalue weighted by atomic mass is 16.3. The molecule has 2 aliphatic rings. The summed E-state index contributed by atoms with van der Waals surface area (Å²) in [5, 5.41) is 8.33. The van der Waals surface area contributed by atoms with E-state index in [1.54, 1.807) is 30.3 Å². The molecule has 0 fully saturated rings. The van der Waals surface area contributed by atoms with Crippen molar-refractivity contribution in [2.75, 3.05) is 5.32 Å². The van der Waals surface area contributed by atoms with Crippen LogP contribution in [0.25, 0.3) is 6.08 Å². The molecular formula is C22H14N4O3. The molecular weight excluding hydrogens is 368 g/mol. The van der Waals surface area contributed by atoms with Gasteiger partial charge in [0.05, 0.1) is 12.0 Å². The summed E-state index contributed by atoms with van der Waals surface area (Å²) in [7, 11) is 0. The Labute approximate surface area is 165 Å². The lowest BCUT2D eigenvalue weighted by Gasteiger charge is -2.13. The number of aliphatic imine (C=N–C) groups is 1. The van der Waals surface area contributed by atoms with Crippen LogP contribution in [0.3, 0.4) is 0 Å². The van der Waals surface area contributed by atoms with Crippen LogP contribution in [-0.2, 0) is 9.59 Å². The first-order valence-corrected chi connectivity index (χ1v) is 8.94. The van der Waals surface area contributed by atoms with Crippen molar-refractivity contribution in [2.45, 2.75) is 0 Å². The number of rotatable bonds is 3. The van der Waals surface area contributed by atoms with Crippen molar-refractivity contribution in [2.24, 2.45) is 10.1 Å². The average Bonchev–Trinajstić information content (AvgIpc) is 3.44. The summed E-state index contributed by atoms with van der Waals surface area (Å²) in [5.74, 6) is 0.0425. The minimum Gasteiger partial charge on any atom is -0.465 e. The molecule has 1 aromatic heterocycles. The molecule has 2 aromatic carbocycles. The van der Waals surface area contributed by atoms with E-state index < -0.39 is 5.91 Å². The van der Waals surface area contributed by atoms with Gasteiger partial charge >= 0.3 is 0 Å². The predicted octanol–water partition coefficient (Wildman–Crippen LogP) is 3.27. The van der Waals surface area contributed by atoms with E-state index in [1.807, 2.05) is 42.5 Å². The maximum absolute atomic E-state index is 13.1. The molecule has 140 valence electrons. The van der Waals surface area contributed by atoms with Gasteiger partial charge in [0.25, 0.3) is 11.8 Å². The van der Waals surface area contributed by atoms with Crippen LogP contribution < -0.4 is 5.32 Å². The molecule has 2 amide bonds. The third-order valence-corrected chi connectivity index (χ3v) is 4.54. The highest BCUT2D eigenvalue weighted by molar-refractivity contribution is 6.54. The number of amides is 2. The zero-order valence-corrected chi connectivity index (χ0v) is 15.1. The van der Waals surface area contributed by atoms with Crippen molar-refractivity contribution < 1.29 is 14.0 Å². The first-order valence-electron chi connectivity index (χ1n) is 8.94. The van der Waals surface area contributed by atoms with Crippen LogP contribution in [0.5, 0.6) is 0 Å². The van der Waals surface area contributed by atoms with Gasteiger partial charge in [0.15, 0.2) is 11.5 Å². The fourth-order valence-corrected chi connectivity index (χ4v) is 3.18. The quantitative estimate of drug-likeness (QED) is 0.706.